The summed E-state index contributed by atoms with van der Waals surface area (Å²) in [4.78, 5) is 26.8. The van der Waals surface area contributed by atoms with E-state index in [4.69, 9.17) is 9.47 Å². The maximum absolute atomic E-state index is 13.8. The van der Waals surface area contributed by atoms with Gasteiger partial charge in [-0.15, -0.1) is 0 Å². The predicted molar refractivity (Wildman–Crippen MR) is 144 cm³/mol. The van der Waals surface area contributed by atoms with Gasteiger partial charge in [0.2, 0.25) is 0 Å². The van der Waals surface area contributed by atoms with Crippen LogP contribution in [-0.2, 0) is 19.1 Å². The van der Waals surface area contributed by atoms with E-state index in [2.05, 4.69) is 91.4 Å². The Bertz CT molecular complexity index is 647. The molecule has 1 spiro atoms. The first kappa shape index (κ1) is 29.1. The summed E-state index contributed by atoms with van der Waals surface area (Å²) in [6.07, 6.45) is 7.92. The van der Waals surface area contributed by atoms with E-state index in [9.17, 15) is 9.59 Å². The third kappa shape index (κ3) is 5.18. The normalized spacial score (nSPS) is 38.0. The number of esters is 2. The molecule has 0 aromatic rings. The molecule has 2 fully saturated rings. The molecule has 0 N–H and O–H groups in total. The summed E-state index contributed by atoms with van der Waals surface area (Å²) < 4.78 is 11.8. The number of cyclic esters (lactones) is 1. The average molecular weight is 710 g/mol. The van der Waals surface area contributed by atoms with E-state index < -0.39 is 16.7 Å². The van der Waals surface area contributed by atoms with Gasteiger partial charge in [-0.05, 0) is 25.2 Å². The molecule has 0 amide bonds. The zero-order valence-electron chi connectivity index (χ0n) is 19.7. The molecular weight excluding hydrogens is 672 g/mol. The largest absolute Gasteiger partial charge is 0.465 e. The van der Waals surface area contributed by atoms with Crippen LogP contribution in [0.2, 0.25) is 0 Å². The van der Waals surface area contributed by atoms with Crippen molar-refractivity contribution in [3.63, 3.8) is 0 Å². The molecule has 2 aliphatic rings. The van der Waals surface area contributed by atoms with Crippen LogP contribution in [0.15, 0.2) is 0 Å². The summed E-state index contributed by atoms with van der Waals surface area (Å²) in [7, 11) is 0. The van der Waals surface area contributed by atoms with Crippen molar-refractivity contribution in [2.45, 2.75) is 98.4 Å². The van der Waals surface area contributed by atoms with Crippen LogP contribution in [0.4, 0.5) is 0 Å². The molecule has 8 atom stereocenters. The highest BCUT2D eigenvalue weighted by atomic mass is 79.9. The first-order chi connectivity index (χ1) is 15.2. The Morgan fingerprint density at radius 2 is 1.72 bits per heavy atom. The summed E-state index contributed by atoms with van der Waals surface area (Å²) in [5, 5.41) is 0. The number of carbonyl (C=O) groups is 2. The van der Waals surface area contributed by atoms with Crippen LogP contribution in [-0.4, -0.2) is 44.5 Å². The monoisotopic (exact) mass is 706 g/mol. The second-order valence-electron chi connectivity index (χ2n) is 9.44. The lowest BCUT2D eigenvalue weighted by Gasteiger charge is -2.55. The van der Waals surface area contributed by atoms with Gasteiger partial charge >= 0.3 is 11.9 Å². The maximum atomic E-state index is 13.8. The van der Waals surface area contributed by atoms with E-state index in [1.165, 1.54) is 0 Å². The van der Waals surface area contributed by atoms with Gasteiger partial charge in [0.1, 0.15) is 5.41 Å². The molecule has 32 heavy (non-hydrogen) atoms. The zero-order chi connectivity index (χ0) is 24.1. The smallest absolute Gasteiger partial charge is 0.314 e. The topological polar surface area (TPSA) is 52.6 Å². The molecule has 0 aromatic carbocycles. The number of carbonyl (C=O) groups excluding carboxylic acids is 2. The molecule has 4 nitrogen and oxygen atoms in total. The SMILES string of the molecule is CCCCC(CC)COC(=O)C1C(Br)C(Br)C(Br)C(Br)C12C(=O)OCC2(CC)CCCC. The molecule has 1 aliphatic carbocycles. The number of halogens is 4. The molecule has 1 saturated heterocycles. The van der Waals surface area contributed by atoms with Crippen molar-refractivity contribution >= 4 is 75.7 Å². The molecule has 1 aliphatic heterocycles. The summed E-state index contributed by atoms with van der Waals surface area (Å²) in [6, 6.07) is 0. The minimum atomic E-state index is -0.994. The average Bonchev–Trinajstić information content (AvgIpc) is 3.08. The second kappa shape index (κ2) is 12.7. The van der Waals surface area contributed by atoms with Gasteiger partial charge in [-0.1, -0.05) is 124 Å². The van der Waals surface area contributed by atoms with Gasteiger partial charge in [0.15, 0.2) is 0 Å². The van der Waals surface area contributed by atoms with Crippen LogP contribution in [0.1, 0.15) is 79.1 Å². The first-order valence-corrected chi connectivity index (χ1v) is 15.7. The highest BCUT2D eigenvalue weighted by Crippen LogP contribution is 2.65. The third-order valence-electron chi connectivity index (χ3n) is 7.77. The van der Waals surface area contributed by atoms with Gasteiger partial charge in [-0.25, -0.2) is 0 Å². The molecule has 0 aromatic heterocycles. The number of ether oxygens (including phenoxy) is 2. The number of rotatable bonds is 11. The fraction of sp³-hybridized carbons (Fsp3) is 0.917. The van der Waals surface area contributed by atoms with Crippen LogP contribution < -0.4 is 0 Å². The number of unbranched alkanes of at least 4 members (excludes halogenated alkanes) is 2. The van der Waals surface area contributed by atoms with Crippen LogP contribution in [0.3, 0.4) is 0 Å². The summed E-state index contributed by atoms with van der Waals surface area (Å²) in [5.41, 5.74) is -1.42. The predicted octanol–water partition coefficient (Wildman–Crippen LogP) is 7.56. The third-order valence-corrected chi connectivity index (χ3v) is 14.5. The van der Waals surface area contributed by atoms with Gasteiger partial charge in [0.05, 0.1) is 19.1 Å². The van der Waals surface area contributed by atoms with Crippen molar-refractivity contribution in [1.29, 1.82) is 0 Å². The summed E-state index contributed by atoms with van der Waals surface area (Å²) in [6.45, 7) is 9.35. The van der Waals surface area contributed by atoms with E-state index in [1.807, 2.05) is 0 Å². The molecular formula is C24H38Br4O4. The quantitative estimate of drug-likeness (QED) is 0.164. The molecule has 1 saturated carbocycles. The van der Waals surface area contributed by atoms with Gasteiger partial charge in [-0.2, -0.15) is 0 Å². The lowest BCUT2D eigenvalue weighted by Crippen LogP contribution is -2.67. The Morgan fingerprint density at radius 1 is 1.06 bits per heavy atom. The summed E-state index contributed by atoms with van der Waals surface area (Å²) in [5.74, 6) is -0.850. The first-order valence-electron chi connectivity index (χ1n) is 12.1. The fourth-order valence-corrected chi connectivity index (χ4v) is 10.0. The fourth-order valence-electron chi connectivity index (χ4n) is 5.58. The van der Waals surface area contributed by atoms with Crippen molar-refractivity contribution in [1.82, 2.24) is 0 Å². The molecule has 0 bridgehead atoms. The van der Waals surface area contributed by atoms with Crippen molar-refractivity contribution in [2.24, 2.45) is 22.7 Å². The second-order valence-corrected chi connectivity index (χ2v) is 13.6. The van der Waals surface area contributed by atoms with Crippen LogP contribution >= 0.6 is 63.7 Å². The highest BCUT2D eigenvalue weighted by molar-refractivity contribution is 9.14. The Kier molecular flexibility index (Phi) is 11.6. The Morgan fingerprint density at radius 3 is 2.28 bits per heavy atom. The van der Waals surface area contributed by atoms with Crippen LogP contribution in [0.25, 0.3) is 0 Å². The number of hydrogen-bond acceptors (Lipinski definition) is 4. The molecule has 8 unspecified atom stereocenters. The van der Waals surface area contributed by atoms with Gasteiger partial charge < -0.3 is 9.47 Å². The van der Waals surface area contributed by atoms with E-state index in [-0.39, 0.29) is 31.2 Å². The van der Waals surface area contributed by atoms with Gasteiger partial charge in [-0.3, -0.25) is 9.59 Å². The van der Waals surface area contributed by atoms with Crippen molar-refractivity contribution in [3.05, 3.63) is 0 Å². The van der Waals surface area contributed by atoms with E-state index in [0.717, 1.165) is 51.4 Å². The lowest BCUT2D eigenvalue weighted by atomic mass is 9.51. The van der Waals surface area contributed by atoms with Gasteiger partial charge in [0, 0.05) is 24.7 Å². The van der Waals surface area contributed by atoms with E-state index in [1.54, 1.807) is 0 Å². The molecule has 0 radical (unpaired) electrons. The number of hydrogen-bond donors (Lipinski definition) is 0. The molecule has 1 heterocycles. The highest BCUT2D eigenvalue weighted by Gasteiger charge is 2.74. The number of alkyl halides is 4. The van der Waals surface area contributed by atoms with Crippen LogP contribution in [0, 0.1) is 22.7 Å². The summed E-state index contributed by atoms with van der Waals surface area (Å²) >= 11 is 15.3. The van der Waals surface area contributed by atoms with Gasteiger partial charge in [0.25, 0.3) is 0 Å². The zero-order valence-corrected chi connectivity index (χ0v) is 26.0. The maximum Gasteiger partial charge on any atom is 0.314 e. The van der Waals surface area contributed by atoms with Crippen molar-refractivity contribution in [3.8, 4) is 0 Å². The molecule has 186 valence electrons. The van der Waals surface area contributed by atoms with Crippen molar-refractivity contribution < 1.29 is 19.1 Å². The van der Waals surface area contributed by atoms with Crippen molar-refractivity contribution in [2.75, 3.05) is 13.2 Å². The Hall–Kier alpha value is 0.860. The minimum absolute atomic E-state index is 0.0498. The van der Waals surface area contributed by atoms with E-state index in [0.29, 0.717) is 19.1 Å². The standard InChI is InChI=1S/C24H38Br4O4/c1-5-9-11-15(7-3)13-31-21(29)16-17(25)18(26)19(27)20(28)24(16)22(30)32-14-23(24,8-4)12-10-6-2/h15-20H,5-14H2,1-4H3. The van der Waals surface area contributed by atoms with E-state index >= 15 is 0 Å². The molecule has 8 heteroatoms. The molecule has 2 rings (SSSR count). The van der Waals surface area contributed by atoms with Crippen LogP contribution in [0.5, 0.6) is 0 Å². The minimum Gasteiger partial charge on any atom is -0.465 e. The Labute approximate surface area is 227 Å². The lowest BCUT2D eigenvalue weighted by molar-refractivity contribution is -0.169. The Balaban J connectivity index is 2.48.